The number of nitrogens with one attached hydrogen (secondary N) is 1. The standard InChI is InChI=1S/C20H26N8O2/c1-4-14-12-26(20(29)23-16-6-5-15(30-3)11-13(16)2)9-10-27(14)19-25-18(21)24-17-7-8-22-28(17)19/h5-8,11,14H,4,9-10,12H2,1-3H3,(H2,21,24)(H,23,29)/t14-/m0/s1. The van der Waals surface area contributed by atoms with Gasteiger partial charge in [-0.3, -0.25) is 0 Å². The lowest BCUT2D eigenvalue weighted by Gasteiger charge is -2.41. The highest BCUT2D eigenvalue weighted by Gasteiger charge is 2.31. The zero-order valence-electron chi connectivity index (χ0n) is 17.4. The highest BCUT2D eigenvalue weighted by molar-refractivity contribution is 5.90. The Morgan fingerprint density at radius 1 is 1.30 bits per heavy atom. The van der Waals surface area contributed by atoms with Crippen molar-refractivity contribution in [2.75, 3.05) is 42.7 Å². The van der Waals surface area contributed by atoms with Gasteiger partial charge in [-0.2, -0.15) is 19.6 Å². The van der Waals surface area contributed by atoms with Crippen molar-refractivity contribution in [3.05, 3.63) is 36.0 Å². The SMILES string of the molecule is CC[C@H]1CN(C(=O)Nc2ccc(OC)cc2C)CCN1c1nc(N)nc2ccnn12. The Kier molecular flexibility index (Phi) is 5.30. The van der Waals surface area contributed by atoms with Crippen LogP contribution in [0.4, 0.5) is 22.4 Å². The second kappa shape index (κ2) is 8.05. The van der Waals surface area contributed by atoms with Crippen LogP contribution in [0.5, 0.6) is 5.75 Å². The highest BCUT2D eigenvalue weighted by Crippen LogP contribution is 2.24. The number of aromatic nitrogens is 4. The number of nitrogen functional groups attached to an aromatic ring is 1. The number of methoxy groups -OCH3 is 1. The summed E-state index contributed by atoms with van der Waals surface area (Å²) >= 11 is 0. The minimum absolute atomic E-state index is 0.0863. The van der Waals surface area contributed by atoms with E-state index in [9.17, 15) is 4.79 Å². The number of benzene rings is 1. The first kappa shape index (κ1) is 19.7. The second-order valence-electron chi connectivity index (χ2n) is 7.30. The zero-order chi connectivity index (χ0) is 21.3. The van der Waals surface area contributed by atoms with Crippen molar-refractivity contribution in [1.82, 2.24) is 24.5 Å². The minimum atomic E-state index is -0.118. The molecule has 0 aliphatic carbocycles. The molecule has 2 amide bonds. The molecule has 0 saturated carbocycles. The fraction of sp³-hybridized carbons (Fsp3) is 0.400. The molecular weight excluding hydrogens is 384 g/mol. The third kappa shape index (κ3) is 3.68. The van der Waals surface area contributed by atoms with E-state index in [2.05, 4.69) is 32.2 Å². The molecule has 3 N–H and O–H groups in total. The first-order valence-electron chi connectivity index (χ1n) is 9.94. The Bertz CT molecular complexity index is 1070. The highest BCUT2D eigenvalue weighted by atomic mass is 16.5. The largest absolute Gasteiger partial charge is 0.497 e. The number of carbonyl (C=O) groups excluding carboxylic acids is 1. The molecular formula is C20H26N8O2. The van der Waals surface area contributed by atoms with Gasteiger partial charge in [0, 0.05) is 37.4 Å². The van der Waals surface area contributed by atoms with E-state index >= 15 is 0 Å². The van der Waals surface area contributed by atoms with Crippen LogP contribution in [0.25, 0.3) is 5.65 Å². The molecule has 2 aromatic heterocycles. The van der Waals surface area contributed by atoms with Crippen molar-refractivity contribution < 1.29 is 9.53 Å². The molecule has 10 nitrogen and oxygen atoms in total. The Balaban J connectivity index is 1.50. The molecule has 0 spiro atoms. The van der Waals surface area contributed by atoms with Crippen LogP contribution in [-0.2, 0) is 0 Å². The molecule has 0 bridgehead atoms. The molecule has 1 atom stereocenters. The first-order chi connectivity index (χ1) is 14.5. The molecule has 0 unspecified atom stereocenters. The third-order valence-corrected chi connectivity index (χ3v) is 5.43. The topological polar surface area (TPSA) is 114 Å². The zero-order valence-corrected chi connectivity index (χ0v) is 17.4. The fourth-order valence-electron chi connectivity index (χ4n) is 3.76. The van der Waals surface area contributed by atoms with Crippen molar-refractivity contribution in [3.8, 4) is 5.75 Å². The van der Waals surface area contributed by atoms with Gasteiger partial charge in [0.2, 0.25) is 11.9 Å². The Morgan fingerprint density at radius 3 is 2.87 bits per heavy atom. The van der Waals surface area contributed by atoms with Crippen molar-refractivity contribution >= 4 is 29.3 Å². The number of anilines is 3. The van der Waals surface area contributed by atoms with Crippen molar-refractivity contribution in [2.24, 2.45) is 0 Å². The summed E-state index contributed by atoms with van der Waals surface area (Å²) in [5.74, 6) is 1.63. The van der Waals surface area contributed by atoms with Gasteiger partial charge in [0.15, 0.2) is 5.65 Å². The average molecular weight is 410 g/mol. The summed E-state index contributed by atoms with van der Waals surface area (Å²) in [5, 5.41) is 7.34. The normalized spacial score (nSPS) is 16.7. The Morgan fingerprint density at radius 2 is 2.13 bits per heavy atom. The molecule has 1 aromatic carbocycles. The monoisotopic (exact) mass is 410 g/mol. The number of aryl methyl sites for hydroxylation is 1. The van der Waals surface area contributed by atoms with Gasteiger partial charge in [-0.05, 0) is 37.1 Å². The van der Waals surface area contributed by atoms with E-state index in [0.717, 1.165) is 23.4 Å². The van der Waals surface area contributed by atoms with Crippen molar-refractivity contribution in [3.63, 3.8) is 0 Å². The van der Waals surface area contributed by atoms with Gasteiger partial charge < -0.3 is 25.6 Å². The number of urea groups is 1. The van der Waals surface area contributed by atoms with E-state index in [1.807, 2.05) is 30.0 Å². The number of hydrogen-bond donors (Lipinski definition) is 2. The van der Waals surface area contributed by atoms with E-state index in [0.29, 0.717) is 31.2 Å². The molecule has 4 rings (SSSR count). The lowest BCUT2D eigenvalue weighted by atomic mass is 10.1. The van der Waals surface area contributed by atoms with Gasteiger partial charge in [-0.1, -0.05) is 6.92 Å². The number of amides is 2. The van der Waals surface area contributed by atoms with Crippen LogP contribution >= 0.6 is 0 Å². The van der Waals surface area contributed by atoms with Gasteiger partial charge in [-0.25, -0.2) is 4.79 Å². The molecule has 1 aliphatic heterocycles. The van der Waals surface area contributed by atoms with Crippen LogP contribution in [0.15, 0.2) is 30.5 Å². The number of hydrogen-bond acceptors (Lipinski definition) is 7. The van der Waals surface area contributed by atoms with E-state index in [-0.39, 0.29) is 18.0 Å². The summed E-state index contributed by atoms with van der Waals surface area (Å²) < 4.78 is 6.92. The molecule has 1 fully saturated rings. The van der Waals surface area contributed by atoms with Gasteiger partial charge in [-0.15, -0.1) is 0 Å². The third-order valence-electron chi connectivity index (χ3n) is 5.43. The van der Waals surface area contributed by atoms with Crippen LogP contribution in [0.3, 0.4) is 0 Å². The molecule has 3 aromatic rings. The smallest absolute Gasteiger partial charge is 0.321 e. The van der Waals surface area contributed by atoms with E-state index in [1.54, 1.807) is 23.9 Å². The summed E-state index contributed by atoms with van der Waals surface area (Å²) in [6.07, 6.45) is 2.52. The van der Waals surface area contributed by atoms with Crippen molar-refractivity contribution in [1.29, 1.82) is 0 Å². The molecule has 1 saturated heterocycles. The molecule has 1 aliphatic rings. The Labute approximate surface area is 174 Å². The molecule has 10 heteroatoms. The van der Waals surface area contributed by atoms with Gasteiger partial charge in [0.25, 0.3) is 0 Å². The molecule has 0 radical (unpaired) electrons. The number of fused-ring (bicyclic) bond motifs is 1. The molecule has 3 heterocycles. The van der Waals surface area contributed by atoms with Crippen LogP contribution in [0.1, 0.15) is 18.9 Å². The summed E-state index contributed by atoms with van der Waals surface area (Å²) in [4.78, 5) is 25.5. The maximum Gasteiger partial charge on any atom is 0.321 e. The molecule has 158 valence electrons. The maximum absolute atomic E-state index is 12.9. The first-order valence-corrected chi connectivity index (χ1v) is 9.94. The van der Waals surface area contributed by atoms with Gasteiger partial charge in [0.1, 0.15) is 5.75 Å². The summed E-state index contributed by atoms with van der Waals surface area (Å²) in [5.41, 5.74) is 8.28. The summed E-state index contributed by atoms with van der Waals surface area (Å²) in [7, 11) is 1.62. The number of piperazine rings is 1. The quantitative estimate of drug-likeness (QED) is 0.677. The Hall–Kier alpha value is -3.56. The van der Waals surface area contributed by atoms with E-state index in [4.69, 9.17) is 10.5 Å². The van der Waals surface area contributed by atoms with Crippen LogP contribution in [0, 0.1) is 6.92 Å². The van der Waals surface area contributed by atoms with Crippen LogP contribution in [-0.4, -0.2) is 63.3 Å². The summed E-state index contributed by atoms with van der Waals surface area (Å²) in [6.45, 7) is 5.80. The van der Waals surface area contributed by atoms with Gasteiger partial charge >= 0.3 is 6.03 Å². The number of nitrogens with two attached hydrogens (primary N) is 1. The lowest BCUT2D eigenvalue weighted by molar-refractivity contribution is 0.196. The van der Waals surface area contributed by atoms with Crippen LogP contribution in [0.2, 0.25) is 0 Å². The molecule has 30 heavy (non-hydrogen) atoms. The van der Waals surface area contributed by atoms with E-state index in [1.165, 1.54) is 0 Å². The van der Waals surface area contributed by atoms with Crippen LogP contribution < -0.4 is 20.7 Å². The van der Waals surface area contributed by atoms with E-state index < -0.39 is 0 Å². The lowest BCUT2D eigenvalue weighted by Crippen LogP contribution is -2.56. The summed E-state index contributed by atoms with van der Waals surface area (Å²) in [6, 6.07) is 7.36. The van der Waals surface area contributed by atoms with Crippen molar-refractivity contribution in [2.45, 2.75) is 26.3 Å². The fourth-order valence-corrected chi connectivity index (χ4v) is 3.76. The number of ether oxygens (including phenoxy) is 1. The minimum Gasteiger partial charge on any atom is -0.497 e. The number of carbonyl (C=O) groups is 1. The number of rotatable bonds is 4. The number of nitrogens with zero attached hydrogens (tertiary/aromatic N) is 6. The average Bonchev–Trinajstić information content (AvgIpc) is 3.22. The predicted octanol–water partition coefficient (Wildman–Crippen LogP) is 2.16. The van der Waals surface area contributed by atoms with Gasteiger partial charge in [0.05, 0.1) is 13.3 Å². The maximum atomic E-state index is 12.9. The second-order valence-corrected chi connectivity index (χ2v) is 7.30. The predicted molar refractivity (Wildman–Crippen MR) is 115 cm³/mol.